The highest BCUT2D eigenvalue weighted by Crippen LogP contribution is 2.32. The van der Waals surface area contributed by atoms with Gasteiger partial charge in [-0.1, -0.05) is 30.3 Å². The Morgan fingerprint density at radius 3 is 2.60 bits per heavy atom. The number of carbonyl (C=O) groups is 1. The normalized spacial score (nSPS) is 20.1. The number of hydrogen-bond acceptors (Lipinski definition) is 3. The van der Waals surface area contributed by atoms with Gasteiger partial charge in [0.2, 0.25) is 0 Å². The molecule has 0 bridgehead atoms. The van der Waals surface area contributed by atoms with Crippen LogP contribution < -0.4 is 5.32 Å². The molecule has 0 radical (unpaired) electrons. The van der Waals surface area contributed by atoms with E-state index in [1.54, 1.807) is 6.26 Å². The van der Waals surface area contributed by atoms with Crippen molar-refractivity contribution in [2.45, 2.75) is 31.5 Å². The summed E-state index contributed by atoms with van der Waals surface area (Å²) in [6.07, 6.45) is 6.21. The first-order valence-electron chi connectivity index (χ1n) is 10.8. The number of fused-ring (bicyclic) bond motifs is 1. The van der Waals surface area contributed by atoms with Gasteiger partial charge in [0.15, 0.2) is 0 Å². The molecule has 2 aliphatic rings. The molecule has 6 nitrogen and oxygen atoms in total. The summed E-state index contributed by atoms with van der Waals surface area (Å²) in [4.78, 5) is 17.7. The molecule has 1 saturated heterocycles. The fourth-order valence-corrected chi connectivity index (χ4v) is 4.82. The Bertz CT molecular complexity index is 960. The van der Waals surface area contributed by atoms with E-state index in [9.17, 15) is 4.79 Å². The summed E-state index contributed by atoms with van der Waals surface area (Å²) in [5.41, 5.74) is 2.29. The Kier molecular flexibility index (Phi) is 5.32. The van der Waals surface area contributed by atoms with E-state index in [0.717, 1.165) is 36.7 Å². The van der Waals surface area contributed by atoms with Crippen molar-refractivity contribution in [3.8, 4) is 0 Å². The van der Waals surface area contributed by atoms with Gasteiger partial charge < -0.3 is 19.2 Å². The van der Waals surface area contributed by atoms with Crippen LogP contribution in [-0.2, 0) is 6.54 Å². The van der Waals surface area contributed by atoms with E-state index < -0.39 is 0 Å². The molecule has 156 valence electrons. The third-order valence-electron chi connectivity index (χ3n) is 6.31. The van der Waals surface area contributed by atoms with Gasteiger partial charge in [0.1, 0.15) is 5.76 Å². The minimum Gasteiger partial charge on any atom is -0.468 e. The molecular weight excluding hydrogens is 376 g/mol. The number of rotatable bonds is 5. The van der Waals surface area contributed by atoms with Gasteiger partial charge in [-0.3, -0.25) is 4.90 Å². The largest absolute Gasteiger partial charge is 0.468 e. The first kappa shape index (κ1) is 19.0. The molecule has 2 aromatic heterocycles. The number of nitrogens with zero attached hydrogens (tertiary/aromatic N) is 3. The number of hydrogen-bond donors (Lipinski definition) is 1. The molecule has 2 amide bonds. The van der Waals surface area contributed by atoms with Crippen molar-refractivity contribution >= 4 is 6.03 Å². The lowest BCUT2D eigenvalue weighted by Crippen LogP contribution is -2.49. The van der Waals surface area contributed by atoms with E-state index in [0.29, 0.717) is 13.1 Å². The summed E-state index contributed by atoms with van der Waals surface area (Å²) in [5.74, 6) is 0.921. The molecule has 0 saturated carbocycles. The summed E-state index contributed by atoms with van der Waals surface area (Å²) in [6, 6.07) is 18.4. The van der Waals surface area contributed by atoms with Gasteiger partial charge in [-0.15, -0.1) is 0 Å². The number of benzene rings is 1. The minimum absolute atomic E-state index is 0.0212. The monoisotopic (exact) mass is 404 g/mol. The molecule has 1 aromatic carbocycles. The summed E-state index contributed by atoms with van der Waals surface area (Å²) in [7, 11) is 0. The summed E-state index contributed by atoms with van der Waals surface area (Å²) < 4.78 is 7.95. The van der Waals surface area contributed by atoms with Gasteiger partial charge >= 0.3 is 6.03 Å². The zero-order chi connectivity index (χ0) is 20.3. The lowest BCUT2D eigenvalue weighted by Gasteiger charge is -2.38. The van der Waals surface area contributed by atoms with E-state index in [1.165, 1.54) is 12.8 Å². The second-order valence-corrected chi connectivity index (χ2v) is 8.09. The highest BCUT2D eigenvalue weighted by Gasteiger charge is 2.33. The SMILES string of the molecule is O=C(NC[C@@H](c1ccco1)N1CCCC1)N1CCn2cccc2[C@H]1c1ccccc1. The zero-order valence-corrected chi connectivity index (χ0v) is 17.1. The van der Waals surface area contributed by atoms with Gasteiger partial charge in [-0.25, -0.2) is 4.79 Å². The molecule has 30 heavy (non-hydrogen) atoms. The van der Waals surface area contributed by atoms with Gasteiger partial charge in [0.05, 0.1) is 18.3 Å². The van der Waals surface area contributed by atoms with Gasteiger partial charge in [-0.2, -0.15) is 0 Å². The molecular formula is C24H28N4O2. The van der Waals surface area contributed by atoms with Crippen molar-refractivity contribution in [3.05, 3.63) is 84.1 Å². The van der Waals surface area contributed by atoms with E-state index in [-0.39, 0.29) is 18.1 Å². The quantitative estimate of drug-likeness (QED) is 0.698. The van der Waals surface area contributed by atoms with Crippen LogP contribution in [0.15, 0.2) is 71.5 Å². The molecule has 1 fully saturated rings. The first-order chi connectivity index (χ1) is 14.8. The van der Waals surface area contributed by atoms with Crippen LogP contribution >= 0.6 is 0 Å². The third kappa shape index (κ3) is 3.63. The Morgan fingerprint density at radius 1 is 1.00 bits per heavy atom. The maximum Gasteiger partial charge on any atom is 0.318 e. The summed E-state index contributed by atoms with van der Waals surface area (Å²) >= 11 is 0. The standard InChI is InChI=1S/C24H28N4O2/c29-24(25-18-21(22-11-7-17-30-22)26-12-4-5-13-26)28-16-15-27-14-6-10-20(27)23(28)19-8-2-1-3-9-19/h1-3,6-11,14,17,21,23H,4-5,12-13,15-16,18H2,(H,25,29)/t21-,23+/m0/s1. The smallest absolute Gasteiger partial charge is 0.318 e. The fraction of sp³-hybridized carbons (Fsp3) is 0.375. The average Bonchev–Trinajstić information content (AvgIpc) is 3.56. The van der Waals surface area contributed by atoms with E-state index >= 15 is 0 Å². The van der Waals surface area contributed by atoms with Crippen LogP contribution in [0, 0.1) is 0 Å². The lowest BCUT2D eigenvalue weighted by molar-refractivity contribution is 0.159. The Hall–Kier alpha value is -2.99. The molecule has 0 spiro atoms. The molecule has 2 atom stereocenters. The number of nitrogens with one attached hydrogen (secondary N) is 1. The van der Waals surface area contributed by atoms with Crippen LogP contribution in [0.4, 0.5) is 4.79 Å². The van der Waals surface area contributed by atoms with Crippen molar-refractivity contribution in [3.63, 3.8) is 0 Å². The Labute approximate surface area is 177 Å². The Morgan fingerprint density at radius 2 is 1.83 bits per heavy atom. The van der Waals surface area contributed by atoms with E-state index in [1.807, 2.05) is 35.2 Å². The average molecular weight is 405 g/mol. The van der Waals surface area contributed by atoms with Crippen molar-refractivity contribution < 1.29 is 9.21 Å². The van der Waals surface area contributed by atoms with Crippen LogP contribution in [0.25, 0.3) is 0 Å². The minimum atomic E-state index is -0.0798. The summed E-state index contributed by atoms with van der Waals surface area (Å²) in [6.45, 7) is 4.14. The molecule has 6 heteroatoms. The van der Waals surface area contributed by atoms with Crippen LogP contribution in [0.1, 0.15) is 41.9 Å². The topological polar surface area (TPSA) is 53.7 Å². The second kappa shape index (κ2) is 8.40. The highest BCUT2D eigenvalue weighted by atomic mass is 16.3. The number of urea groups is 1. The van der Waals surface area contributed by atoms with Crippen LogP contribution in [0.3, 0.4) is 0 Å². The van der Waals surface area contributed by atoms with Crippen molar-refractivity contribution in [2.75, 3.05) is 26.2 Å². The lowest BCUT2D eigenvalue weighted by atomic mass is 10.0. The molecule has 5 rings (SSSR count). The van der Waals surface area contributed by atoms with Gasteiger partial charge in [-0.05, 0) is 55.8 Å². The molecule has 3 aromatic rings. The second-order valence-electron chi connectivity index (χ2n) is 8.09. The molecule has 0 aliphatic carbocycles. The maximum atomic E-state index is 13.4. The van der Waals surface area contributed by atoms with Gasteiger partial charge in [0.25, 0.3) is 0 Å². The molecule has 2 aliphatic heterocycles. The highest BCUT2D eigenvalue weighted by molar-refractivity contribution is 5.75. The number of aromatic nitrogens is 1. The van der Waals surface area contributed by atoms with Crippen LogP contribution in [-0.4, -0.2) is 46.6 Å². The van der Waals surface area contributed by atoms with Crippen molar-refractivity contribution in [1.82, 2.24) is 19.7 Å². The van der Waals surface area contributed by atoms with E-state index in [4.69, 9.17) is 4.42 Å². The van der Waals surface area contributed by atoms with E-state index in [2.05, 4.69) is 45.2 Å². The van der Waals surface area contributed by atoms with Crippen LogP contribution in [0.5, 0.6) is 0 Å². The third-order valence-corrected chi connectivity index (χ3v) is 6.31. The number of amides is 2. The van der Waals surface area contributed by atoms with Crippen LogP contribution in [0.2, 0.25) is 0 Å². The number of carbonyl (C=O) groups excluding carboxylic acids is 1. The molecule has 4 heterocycles. The number of likely N-dealkylation sites (tertiary alicyclic amines) is 1. The Balaban J connectivity index is 1.35. The zero-order valence-electron chi connectivity index (χ0n) is 17.1. The fourth-order valence-electron chi connectivity index (χ4n) is 4.82. The predicted molar refractivity (Wildman–Crippen MR) is 115 cm³/mol. The predicted octanol–water partition coefficient (Wildman–Crippen LogP) is 4.03. The first-order valence-corrected chi connectivity index (χ1v) is 10.8. The van der Waals surface area contributed by atoms with Crippen molar-refractivity contribution in [2.24, 2.45) is 0 Å². The van der Waals surface area contributed by atoms with Crippen molar-refractivity contribution in [1.29, 1.82) is 0 Å². The maximum absolute atomic E-state index is 13.4. The molecule has 1 N–H and O–H groups in total. The number of furan rings is 1. The van der Waals surface area contributed by atoms with Gasteiger partial charge in [0, 0.05) is 31.5 Å². The molecule has 0 unspecified atom stereocenters. The summed E-state index contributed by atoms with van der Waals surface area (Å²) in [5, 5.41) is 3.22.